The molecule has 0 radical (unpaired) electrons. The van der Waals surface area contributed by atoms with E-state index in [1.807, 2.05) is 60.7 Å². The molecule has 3 aromatic carbocycles. The summed E-state index contributed by atoms with van der Waals surface area (Å²) >= 11 is 0. The maximum atomic E-state index is 12.9. The molecule has 51 heavy (non-hydrogen) atoms. The van der Waals surface area contributed by atoms with Crippen LogP contribution in [0.5, 0.6) is 0 Å². The summed E-state index contributed by atoms with van der Waals surface area (Å²) in [4.78, 5) is 30.4. The zero-order chi connectivity index (χ0) is 35.4. The van der Waals surface area contributed by atoms with Crippen LogP contribution in [0.3, 0.4) is 0 Å². The van der Waals surface area contributed by atoms with Gasteiger partial charge in [0.1, 0.15) is 0 Å². The summed E-state index contributed by atoms with van der Waals surface area (Å²) in [5.74, 6) is -0.0841. The number of para-hydroxylation sites is 2. The normalized spacial score (nSPS) is 22.6. The molecule has 4 atom stereocenters. The molecule has 3 heterocycles. The Labute approximate surface area is 302 Å². The molecule has 274 valence electrons. The van der Waals surface area contributed by atoms with E-state index in [0.717, 1.165) is 74.1 Å². The highest BCUT2D eigenvalue weighted by atomic mass is 16.7. The van der Waals surface area contributed by atoms with E-state index in [-0.39, 0.29) is 30.6 Å². The third kappa shape index (κ3) is 10.9. The minimum atomic E-state index is -0.571. The maximum Gasteiger partial charge on any atom is 0.224 e. The molecule has 0 unspecified atom stereocenters. The number of rotatable bonds is 16. The van der Waals surface area contributed by atoms with Crippen LogP contribution in [-0.2, 0) is 25.7 Å². The van der Waals surface area contributed by atoms with E-state index in [0.29, 0.717) is 30.3 Å². The van der Waals surface area contributed by atoms with Crippen molar-refractivity contribution in [3.8, 4) is 0 Å². The molecular weight excluding hydrogens is 642 g/mol. The lowest BCUT2D eigenvalue weighted by Gasteiger charge is -2.39. The topological polar surface area (TPSA) is 129 Å². The summed E-state index contributed by atoms with van der Waals surface area (Å²) in [5.41, 5.74) is 10.7. The number of unbranched alkanes of at least 4 members (excludes halogenated alkanes) is 3. The number of carbonyl (C=O) groups is 2. The summed E-state index contributed by atoms with van der Waals surface area (Å²) < 4.78 is 13.3. The van der Waals surface area contributed by atoms with E-state index in [9.17, 15) is 14.7 Å². The van der Waals surface area contributed by atoms with Crippen LogP contribution in [0.15, 0.2) is 72.8 Å². The number of anilines is 3. The Hall–Kier alpha value is -3.80. The summed E-state index contributed by atoms with van der Waals surface area (Å²) in [5, 5.41) is 15.5. The number of aliphatic hydroxyl groups is 1. The van der Waals surface area contributed by atoms with E-state index in [4.69, 9.17) is 15.2 Å². The highest BCUT2D eigenvalue weighted by Gasteiger charge is 2.36. The monoisotopic (exact) mass is 697 g/mol. The summed E-state index contributed by atoms with van der Waals surface area (Å²) in [6, 6.07) is 23.6. The standard InChI is InChI=1S/C41H55N5O5/c42-36-14-5-6-15-37(36)44-40(49)17-4-2-1-3-16-39(48)43-33-12-9-11-32(25-33)41-50-35(26-38(51-41)31-20-18-30(29-47)19-21-31)28-46-24-10-13-34(46)27-45-22-7-8-23-45/h5-6,9,11-12,14-15,18-21,25,34-35,38,41,47H,1-4,7-8,10,13,16-17,22-24,26-29,42H2,(H,43,48)(H,44,49)/t34-,35+,38-,41-/m0/s1. The molecule has 0 spiro atoms. The molecule has 6 rings (SSSR count). The van der Waals surface area contributed by atoms with Crippen molar-refractivity contribution in [3.05, 3.63) is 89.5 Å². The highest BCUT2D eigenvalue weighted by Crippen LogP contribution is 2.39. The Morgan fingerprint density at radius 2 is 1.53 bits per heavy atom. The van der Waals surface area contributed by atoms with Gasteiger partial charge in [-0.25, -0.2) is 0 Å². The Morgan fingerprint density at radius 3 is 2.27 bits per heavy atom. The number of nitrogens with one attached hydrogen (secondary N) is 2. The van der Waals surface area contributed by atoms with Crippen LogP contribution < -0.4 is 16.4 Å². The second kappa shape index (κ2) is 18.6. The summed E-state index contributed by atoms with van der Waals surface area (Å²) in [7, 11) is 0. The Bertz CT molecular complexity index is 1560. The van der Waals surface area contributed by atoms with Gasteiger partial charge in [-0.1, -0.05) is 61.4 Å². The molecule has 3 aliphatic rings. The van der Waals surface area contributed by atoms with Gasteiger partial charge in [0.2, 0.25) is 11.8 Å². The average Bonchev–Trinajstić information content (AvgIpc) is 3.83. The Morgan fingerprint density at radius 1 is 0.784 bits per heavy atom. The molecule has 10 heteroatoms. The van der Waals surface area contributed by atoms with Crippen LogP contribution in [0.25, 0.3) is 0 Å². The van der Waals surface area contributed by atoms with Gasteiger partial charge in [-0.05, 0) is 93.6 Å². The van der Waals surface area contributed by atoms with Gasteiger partial charge in [0.05, 0.1) is 30.2 Å². The van der Waals surface area contributed by atoms with Crippen LogP contribution in [0.2, 0.25) is 0 Å². The molecule has 3 saturated heterocycles. The Kier molecular flexibility index (Phi) is 13.5. The van der Waals surface area contributed by atoms with Gasteiger partial charge in [-0.2, -0.15) is 0 Å². The first kappa shape index (κ1) is 37.0. The van der Waals surface area contributed by atoms with Crippen LogP contribution in [0.4, 0.5) is 17.1 Å². The number of aliphatic hydroxyl groups excluding tert-OH is 1. The highest BCUT2D eigenvalue weighted by molar-refractivity contribution is 5.93. The first-order valence-corrected chi connectivity index (χ1v) is 18.9. The molecule has 3 fully saturated rings. The smallest absolute Gasteiger partial charge is 0.224 e. The minimum absolute atomic E-state index is 0.00811. The van der Waals surface area contributed by atoms with Crippen molar-refractivity contribution >= 4 is 28.9 Å². The van der Waals surface area contributed by atoms with Crippen LogP contribution in [0.1, 0.15) is 99.7 Å². The number of benzene rings is 3. The van der Waals surface area contributed by atoms with Crippen molar-refractivity contribution in [1.82, 2.24) is 9.80 Å². The minimum Gasteiger partial charge on any atom is -0.397 e. The number of nitrogen functional groups attached to an aromatic ring is 1. The van der Waals surface area contributed by atoms with Gasteiger partial charge >= 0.3 is 0 Å². The molecule has 0 aliphatic carbocycles. The van der Waals surface area contributed by atoms with Crippen LogP contribution in [-0.4, -0.2) is 71.6 Å². The maximum absolute atomic E-state index is 12.9. The van der Waals surface area contributed by atoms with Crippen molar-refractivity contribution < 1.29 is 24.2 Å². The van der Waals surface area contributed by atoms with Crippen LogP contribution in [0, 0.1) is 0 Å². The zero-order valence-electron chi connectivity index (χ0n) is 29.8. The van der Waals surface area contributed by atoms with Crippen molar-refractivity contribution in [2.45, 2.75) is 102 Å². The van der Waals surface area contributed by atoms with Gasteiger partial charge in [0.15, 0.2) is 6.29 Å². The molecule has 3 aliphatic heterocycles. The quantitative estimate of drug-likeness (QED) is 0.0953. The fraction of sp³-hybridized carbons (Fsp3) is 0.512. The van der Waals surface area contributed by atoms with Gasteiger partial charge < -0.3 is 35.8 Å². The summed E-state index contributed by atoms with van der Waals surface area (Å²) in [6.07, 6.45) is 9.19. The average molecular weight is 698 g/mol. The summed E-state index contributed by atoms with van der Waals surface area (Å²) in [6.45, 7) is 5.54. The molecule has 5 N–H and O–H groups in total. The zero-order valence-corrected chi connectivity index (χ0v) is 29.8. The number of ether oxygens (including phenoxy) is 2. The third-order valence-corrected chi connectivity index (χ3v) is 10.5. The largest absolute Gasteiger partial charge is 0.397 e. The van der Waals surface area contributed by atoms with Gasteiger partial charge in [0.25, 0.3) is 0 Å². The van der Waals surface area contributed by atoms with Crippen molar-refractivity contribution in [3.63, 3.8) is 0 Å². The fourth-order valence-corrected chi connectivity index (χ4v) is 7.63. The lowest BCUT2D eigenvalue weighted by molar-refractivity contribution is -0.253. The van der Waals surface area contributed by atoms with Crippen molar-refractivity contribution in [2.75, 3.05) is 49.1 Å². The molecule has 0 aromatic heterocycles. The first-order valence-electron chi connectivity index (χ1n) is 18.9. The first-order chi connectivity index (χ1) is 24.9. The number of nitrogens with two attached hydrogens (primary N) is 1. The number of hydrogen-bond acceptors (Lipinski definition) is 8. The predicted octanol–water partition coefficient (Wildman–Crippen LogP) is 6.78. The molecule has 2 amide bonds. The molecule has 0 bridgehead atoms. The molecule has 3 aromatic rings. The van der Waals surface area contributed by atoms with E-state index in [2.05, 4.69) is 20.4 Å². The van der Waals surface area contributed by atoms with E-state index < -0.39 is 6.29 Å². The molecule has 10 nitrogen and oxygen atoms in total. The second-order valence-electron chi connectivity index (χ2n) is 14.4. The van der Waals surface area contributed by atoms with Gasteiger partial charge in [-0.3, -0.25) is 14.5 Å². The van der Waals surface area contributed by atoms with Crippen LogP contribution >= 0.6 is 0 Å². The van der Waals surface area contributed by atoms with E-state index in [1.54, 1.807) is 12.1 Å². The predicted molar refractivity (Wildman–Crippen MR) is 201 cm³/mol. The number of amides is 2. The van der Waals surface area contributed by atoms with Gasteiger partial charge in [-0.15, -0.1) is 0 Å². The SMILES string of the molecule is Nc1ccccc1NC(=O)CCCCCCC(=O)Nc1cccc([C@H]2O[C@@H](CN3CCC[C@H]3CN3CCCC3)C[C@@H](c3ccc(CO)cc3)O2)c1. The lowest BCUT2D eigenvalue weighted by atomic mass is 9.99. The number of carbonyl (C=O) groups excluding carboxylic acids is 2. The van der Waals surface area contributed by atoms with E-state index >= 15 is 0 Å². The number of nitrogens with zero attached hydrogens (tertiary/aromatic N) is 2. The lowest BCUT2D eigenvalue weighted by Crippen LogP contribution is -2.45. The number of likely N-dealkylation sites (tertiary alicyclic amines) is 2. The second-order valence-corrected chi connectivity index (χ2v) is 14.4. The molecule has 0 saturated carbocycles. The van der Waals surface area contributed by atoms with Crippen molar-refractivity contribution in [1.29, 1.82) is 0 Å². The number of hydrogen-bond donors (Lipinski definition) is 4. The van der Waals surface area contributed by atoms with E-state index in [1.165, 1.54) is 38.8 Å². The van der Waals surface area contributed by atoms with Gasteiger partial charge in [0, 0.05) is 49.6 Å². The van der Waals surface area contributed by atoms with Crippen molar-refractivity contribution in [2.24, 2.45) is 0 Å². The molecular formula is C41H55N5O5. The fourth-order valence-electron chi connectivity index (χ4n) is 7.63. The Balaban J connectivity index is 1.01. The third-order valence-electron chi connectivity index (χ3n) is 10.5.